The van der Waals surface area contributed by atoms with Gasteiger partial charge in [0.2, 0.25) is 0 Å². The van der Waals surface area contributed by atoms with Gasteiger partial charge in [0.1, 0.15) is 30.5 Å². The van der Waals surface area contributed by atoms with E-state index in [0.717, 1.165) is 72.5 Å². The van der Waals surface area contributed by atoms with E-state index in [2.05, 4.69) is 22.4 Å². The molecule has 8 nitrogen and oxygen atoms in total. The van der Waals surface area contributed by atoms with Gasteiger partial charge in [0, 0.05) is 13.0 Å². The molecule has 4 aromatic rings. The number of carbonyl (C=O) groups is 1. The van der Waals surface area contributed by atoms with E-state index in [1.54, 1.807) is 0 Å². The Morgan fingerprint density at radius 2 is 1.07 bits per heavy atom. The van der Waals surface area contributed by atoms with Crippen molar-refractivity contribution < 1.29 is 24.0 Å². The van der Waals surface area contributed by atoms with E-state index in [0.29, 0.717) is 32.8 Å². The van der Waals surface area contributed by atoms with Crippen LogP contribution in [-0.4, -0.2) is 31.1 Å². The zero-order chi connectivity index (χ0) is 32.2. The number of carbonyl (C=O) groups excluding carboxylic acids is 1. The molecule has 0 spiro atoms. The fourth-order valence-corrected chi connectivity index (χ4v) is 4.94. The first-order valence-electron chi connectivity index (χ1n) is 16.1. The first-order valence-corrected chi connectivity index (χ1v) is 16.1. The number of unbranched alkanes of at least 4 members (excludes halogenated alkanes) is 5. The molecular weight excluding hydrogens is 576 g/mol. The number of hydrogen-bond acceptors (Lipinski definition) is 4. The van der Waals surface area contributed by atoms with Gasteiger partial charge in [0.05, 0.1) is 6.61 Å². The average Bonchev–Trinajstić information content (AvgIpc) is 3.08. The van der Waals surface area contributed by atoms with Crippen molar-refractivity contribution in [2.45, 2.75) is 64.2 Å². The molecule has 1 atom stereocenters. The third-order valence-electron chi connectivity index (χ3n) is 7.48. The summed E-state index contributed by atoms with van der Waals surface area (Å²) in [6.45, 7) is 2.36. The van der Waals surface area contributed by atoms with E-state index in [1.165, 1.54) is 0 Å². The number of hydrogen-bond donors (Lipinski definition) is 4. The fraction of sp³-hybridized carbons (Fsp3) is 0.316. The topological polar surface area (TPSA) is 123 Å². The molecule has 4 rings (SSSR count). The molecule has 0 bridgehead atoms. The molecule has 1 unspecified atom stereocenters. The molecule has 242 valence electrons. The second-order valence-corrected chi connectivity index (χ2v) is 11.3. The van der Waals surface area contributed by atoms with Crippen molar-refractivity contribution in [1.82, 2.24) is 5.32 Å². The van der Waals surface area contributed by atoms with E-state index in [1.807, 2.05) is 97.1 Å². The first kappa shape index (κ1) is 33.9. The molecule has 0 radical (unpaired) electrons. The highest BCUT2D eigenvalue weighted by Gasteiger charge is 2.19. The molecule has 0 aliphatic heterocycles. The molecular formula is C38H47N4O4+. The minimum absolute atomic E-state index is 0.0248. The van der Waals surface area contributed by atoms with Gasteiger partial charge in [-0.3, -0.25) is 21.3 Å². The highest BCUT2D eigenvalue weighted by atomic mass is 16.5. The SMILES string of the molecule is NC(N)=[NH+]C(Cc1ccc(OCc2ccccc2)cc1)C(=O)NCCCCCCCCOc1ccc(OCc2ccccc2)cc1. The summed E-state index contributed by atoms with van der Waals surface area (Å²) >= 11 is 0. The van der Waals surface area contributed by atoms with Crippen LogP contribution in [0, 0.1) is 0 Å². The number of nitrogens with one attached hydrogen (secondary N) is 2. The number of benzene rings is 4. The monoisotopic (exact) mass is 623 g/mol. The standard InChI is InChI=1S/C38H46N4O4/c39-38(40)42-36(27-30-17-19-34(20-18-30)45-28-31-13-7-5-8-14-31)37(43)41-25-11-3-1-2-4-12-26-44-33-21-23-35(24-22-33)46-29-32-15-9-6-10-16-32/h5-10,13-24,36H,1-4,11-12,25-29H2,(H,41,43)(H4,39,40,42)/p+1. The maximum atomic E-state index is 12.9. The maximum Gasteiger partial charge on any atom is 0.339 e. The predicted octanol–water partition coefficient (Wildman–Crippen LogP) is 4.65. The highest BCUT2D eigenvalue weighted by molar-refractivity contribution is 5.81. The van der Waals surface area contributed by atoms with E-state index < -0.39 is 6.04 Å². The van der Waals surface area contributed by atoms with Gasteiger partial charge in [-0.1, -0.05) is 98.5 Å². The average molecular weight is 624 g/mol. The normalized spacial score (nSPS) is 11.3. The van der Waals surface area contributed by atoms with E-state index in [-0.39, 0.29) is 11.9 Å². The zero-order valence-electron chi connectivity index (χ0n) is 26.5. The summed E-state index contributed by atoms with van der Waals surface area (Å²) in [4.78, 5) is 15.8. The number of amides is 1. The van der Waals surface area contributed by atoms with Crippen molar-refractivity contribution >= 4 is 11.9 Å². The summed E-state index contributed by atoms with van der Waals surface area (Å²) < 4.78 is 17.6. The minimum atomic E-state index is -0.556. The van der Waals surface area contributed by atoms with Crippen LogP contribution in [0.2, 0.25) is 0 Å². The van der Waals surface area contributed by atoms with Gasteiger partial charge in [-0.2, -0.15) is 0 Å². The Morgan fingerprint density at radius 1 is 0.587 bits per heavy atom. The molecule has 0 saturated heterocycles. The van der Waals surface area contributed by atoms with Gasteiger partial charge < -0.3 is 19.5 Å². The summed E-state index contributed by atoms with van der Waals surface area (Å²) in [6.07, 6.45) is 6.80. The number of nitrogens with two attached hydrogens (primary N) is 2. The number of guanidine groups is 1. The number of rotatable bonds is 20. The fourth-order valence-electron chi connectivity index (χ4n) is 4.94. The second kappa shape index (κ2) is 19.4. The van der Waals surface area contributed by atoms with Crippen LogP contribution >= 0.6 is 0 Å². The second-order valence-electron chi connectivity index (χ2n) is 11.3. The van der Waals surface area contributed by atoms with Crippen molar-refractivity contribution in [2.75, 3.05) is 13.2 Å². The minimum Gasteiger partial charge on any atom is -0.494 e. The van der Waals surface area contributed by atoms with Crippen molar-refractivity contribution in [2.24, 2.45) is 11.5 Å². The molecule has 0 saturated carbocycles. The molecule has 8 heteroatoms. The van der Waals surface area contributed by atoms with Gasteiger partial charge >= 0.3 is 5.96 Å². The molecule has 0 aliphatic rings. The Hall–Kier alpha value is -4.98. The van der Waals surface area contributed by atoms with E-state index >= 15 is 0 Å². The van der Waals surface area contributed by atoms with Gasteiger partial charge in [0.25, 0.3) is 5.91 Å². The lowest BCUT2D eigenvalue weighted by Crippen LogP contribution is -2.87. The van der Waals surface area contributed by atoms with Crippen LogP contribution < -0.4 is 36.0 Å². The molecule has 6 N–H and O–H groups in total. The lowest BCUT2D eigenvalue weighted by molar-refractivity contribution is -0.489. The summed E-state index contributed by atoms with van der Waals surface area (Å²) in [6, 6.07) is 35.1. The first-order chi connectivity index (χ1) is 22.5. The molecule has 0 fully saturated rings. The Labute approximate surface area is 272 Å². The molecule has 46 heavy (non-hydrogen) atoms. The highest BCUT2D eigenvalue weighted by Crippen LogP contribution is 2.19. The lowest BCUT2D eigenvalue weighted by Gasteiger charge is -2.13. The number of ether oxygens (including phenoxy) is 3. The lowest BCUT2D eigenvalue weighted by atomic mass is 10.1. The zero-order valence-corrected chi connectivity index (χ0v) is 26.5. The van der Waals surface area contributed by atoms with Crippen LogP contribution in [-0.2, 0) is 24.4 Å². The van der Waals surface area contributed by atoms with Gasteiger partial charge in [-0.05, 0) is 65.9 Å². The van der Waals surface area contributed by atoms with Crippen LogP contribution in [0.1, 0.15) is 55.2 Å². The van der Waals surface area contributed by atoms with Crippen LogP contribution in [0.25, 0.3) is 0 Å². The summed E-state index contributed by atoms with van der Waals surface area (Å²) in [7, 11) is 0. The van der Waals surface area contributed by atoms with Crippen LogP contribution in [0.15, 0.2) is 109 Å². The molecule has 4 aromatic carbocycles. The van der Waals surface area contributed by atoms with Gasteiger partial charge in [-0.15, -0.1) is 0 Å². The Balaban J connectivity index is 1.04. The summed E-state index contributed by atoms with van der Waals surface area (Å²) in [5.74, 6) is 2.36. The van der Waals surface area contributed by atoms with E-state index in [9.17, 15) is 4.79 Å². The Bertz CT molecular complexity index is 1440. The molecule has 0 heterocycles. The summed E-state index contributed by atoms with van der Waals surface area (Å²) in [5.41, 5.74) is 14.6. The molecule has 1 amide bonds. The van der Waals surface area contributed by atoms with Crippen molar-refractivity contribution in [3.8, 4) is 17.2 Å². The Kier molecular flexibility index (Phi) is 14.3. The largest absolute Gasteiger partial charge is 0.494 e. The maximum absolute atomic E-state index is 12.9. The third-order valence-corrected chi connectivity index (χ3v) is 7.48. The van der Waals surface area contributed by atoms with Crippen LogP contribution in [0.4, 0.5) is 0 Å². The Morgan fingerprint density at radius 3 is 1.61 bits per heavy atom. The predicted molar refractivity (Wildman–Crippen MR) is 182 cm³/mol. The van der Waals surface area contributed by atoms with Crippen molar-refractivity contribution in [3.63, 3.8) is 0 Å². The van der Waals surface area contributed by atoms with Crippen LogP contribution in [0.5, 0.6) is 17.2 Å². The smallest absolute Gasteiger partial charge is 0.339 e. The van der Waals surface area contributed by atoms with Crippen molar-refractivity contribution in [1.29, 1.82) is 0 Å². The van der Waals surface area contributed by atoms with Gasteiger partial charge in [0.15, 0.2) is 6.04 Å². The third kappa shape index (κ3) is 12.9. The molecule has 0 aliphatic carbocycles. The quantitative estimate of drug-likeness (QED) is 0.0646. The van der Waals surface area contributed by atoms with Crippen molar-refractivity contribution in [3.05, 3.63) is 126 Å². The van der Waals surface area contributed by atoms with E-state index in [4.69, 9.17) is 25.7 Å². The molecule has 0 aromatic heterocycles. The van der Waals surface area contributed by atoms with Gasteiger partial charge in [-0.25, -0.2) is 0 Å². The van der Waals surface area contributed by atoms with Crippen LogP contribution in [0.3, 0.4) is 0 Å². The summed E-state index contributed by atoms with van der Waals surface area (Å²) in [5, 5.41) is 3.03.